The second-order valence-corrected chi connectivity index (χ2v) is 6.00. The van der Waals surface area contributed by atoms with Gasteiger partial charge in [-0.05, 0) is 20.3 Å². The van der Waals surface area contributed by atoms with Crippen LogP contribution in [-0.4, -0.2) is 47.2 Å². The summed E-state index contributed by atoms with van der Waals surface area (Å²) in [6, 6.07) is 0.0984. The second kappa shape index (κ2) is 7.39. The Morgan fingerprint density at radius 2 is 1.96 bits per heavy atom. The van der Waals surface area contributed by atoms with E-state index in [1.54, 1.807) is 18.7 Å². The number of anilines is 3. The minimum Gasteiger partial charge on any atom is -0.394 e. The molecular formula is C16H22N8O. The second-order valence-electron chi connectivity index (χ2n) is 6.00. The first kappa shape index (κ1) is 17.0. The first-order valence-corrected chi connectivity index (χ1v) is 8.26. The fourth-order valence-corrected chi connectivity index (χ4v) is 2.41. The van der Waals surface area contributed by atoms with Crippen LogP contribution in [0.15, 0.2) is 25.0 Å². The average molecular weight is 342 g/mol. The molecular weight excluding hydrogens is 320 g/mol. The Labute approximate surface area is 145 Å². The van der Waals surface area contributed by atoms with E-state index in [0.29, 0.717) is 23.0 Å². The molecule has 3 aromatic rings. The Balaban J connectivity index is 2.06. The number of hydrogen-bond acceptors (Lipinski definition) is 8. The van der Waals surface area contributed by atoms with E-state index >= 15 is 0 Å². The highest BCUT2D eigenvalue weighted by molar-refractivity contribution is 5.86. The molecule has 0 fully saturated rings. The summed E-state index contributed by atoms with van der Waals surface area (Å²) in [4.78, 5) is 21.6. The lowest BCUT2D eigenvalue weighted by Crippen LogP contribution is -2.24. The molecule has 9 heteroatoms. The fraction of sp³-hybridized carbons (Fsp3) is 0.438. The van der Waals surface area contributed by atoms with Crippen LogP contribution in [0, 0.1) is 0 Å². The van der Waals surface area contributed by atoms with Gasteiger partial charge in [0, 0.05) is 6.04 Å². The molecule has 3 aromatic heterocycles. The molecule has 25 heavy (non-hydrogen) atoms. The molecule has 3 rings (SSSR count). The maximum Gasteiger partial charge on any atom is 0.227 e. The fourth-order valence-electron chi connectivity index (χ4n) is 2.41. The van der Waals surface area contributed by atoms with Gasteiger partial charge >= 0.3 is 0 Å². The van der Waals surface area contributed by atoms with Gasteiger partial charge in [-0.1, -0.05) is 6.92 Å². The minimum absolute atomic E-state index is 0.0105. The van der Waals surface area contributed by atoms with Crippen LogP contribution in [0.1, 0.15) is 33.2 Å². The molecule has 0 aliphatic carbocycles. The first-order valence-electron chi connectivity index (χ1n) is 8.26. The van der Waals surface area contributed by atoms with E-state index in [0.717, 1.165) is 12.1 Å². The number of hydrogen-bond donors (Lipinski definition) is 3. The number of fused-ring (bicyclic) bond motifs is 1. The molecule has 0 saturated carbocycles. The standard InChI is InChI=1S/C16H22N8O/c1-4-11(7-25)21-16-22-14(20-12-5-17-8-18-6-12)13-15(23-16)24(9-19-13)10(2)3/h5-6,8-11,25H,4,7H2,1-3H3,(H2,20,21,22,23)/t11-/m0/s1. The minimum atomic E-state index is -0.110. The van der Waals surface area contributed by atoms with E-state index in [-0.39, 0.29) is 18.7 Å². The summed E-state index contributed by atoms with van der Waals surface area (Å²) >= 11 is 0. The number of rotatable bonds is 7. The first-order chi connectivity index (χ1) is 12.1. The van der Waals surface area contributed by atoms with Gasteiger partial charge in [0.05, 0.1) is 37.1 Å². The Morgan fingerprint density at radius 3 is 2.60 bits per heavy atom. The molecule has 132 valence electrons. The van der Waals surface area contributed by atoms with Crippen LogP contribution in [0.25, 0.3) is 11.2 Å². The topological polar surface area (TPSA) is 114 Å². The van der Waals surface area contributed by atoms with Crippen molar-refractivity contribution in [3.05, 3.63) is 25.0 Å². The van der Waals surface area contributed by atoms with Crippen LogP contribution in [0.3, 0.4) is 0 Å². The molecule has 3 heterocycles. The molecule has 9 nitrogen and oxygen atoms in total. The third-order valence-corrected chi connectivity index (χ3v) is 3.85. The lowest BCUT2D eigenvalue weighted by atomic mass is 10.2. The van der Waals surface area contributed by atoms with Crippen molar-refractivity contribution in [3.8, 4) is 0 Å². The number of aromatic nitrogens is 6. The maximum absolute atomic E-state index is 9.44. The maximum atomic E-state index is 9.44. The van der Waals surface area contributed by atoms with E-state index < -0.39 is 0 Å². The van der Waals surface area contributed by atoms with E-state index in [4.69, 9.17) is 0 Å². The molecule has 0 aliphatic rings. The van der Waals surface area contributed by atoms with E-state index in [1.807, 2.05) is 11.5 Å². The summed E-state index contributed by atoms with van der Waals surface area (Å²) in [6.07, 6.45) is 7.31. The highest BCUT2D eigenvalue weighted by Gasteiger charge is 2.16. The Kier molecular flexibility index (Phi) is 5.03. The summed E-state index contributed by atoms with van der Waals surface area (Å²) in [5.74, 6) is 1.00. The van der Waals surface area contributed by atoms with Crippen LogP contribution in [0.2, 0.25) is 0 Å². The number of aliphatic hydroxyl groups excluding tert-OH is 1. The van der Waals surface area contributed by atoms with Crippen molar-refractivity contribution in [2.75, 3.05) is 17.2 Å². The molecule has 0 spiro atoms. The Hall–Kier alpha value is -2.81. The van der Waals surface area contributed by atoms with Crippen molar-refractivity contribution >= 4 is 28.6 Å². The zero-order valence-corrected chi connectivity index (χ0v) is 14.5. The average Bonchev–Trinajstić information content (AvgIpc) is 3.05. The van der Waals surface area contributed by atoms with Crippen LogP contribution < -0.4 is 10.6 Å². The van der Waals surface area contributed by atoms with Gasteiger partial charge in [-0.3, -0.25) is 0 Å². The predicted octanol–water partition coefficient (Wildman–Crippen LogP) is 2.12. The number of nitrogens with zero attached hydrogens (tertiary/aromatic N) is 6. The number of nitrogens with one attached hydrogen (secondary N) is 2. The smallest absolute Gasteiger partial charge is 0.227 e. The summed E-state index contributed by atoms with van der Waals surface area (Å²) in [5, 5.41) is 15.8. The van der Waals surface area contributed by atoms with Crippen molar-refractivity contribution < 1.29 is 5.11 Å². The highest BCUT2D eigenvalue weighted by Crippen LogP contribution is 2.25. The van der Waals surface area contributed by atoms with Gasteiger partial charge in [-0.15, -0.1) is 0 Å². The third kappa shape index (κ3) is 3.66. The van der Waals surface area contributed by atoms with Crippen molar-refractivity contribution in [1.29, 1.82) is 0 Å². The summed E-state index contributed by atoms with van der Waals surface area (Å²) in [5.41, 5.74) is 2.10. The van der Waals surface area contributed by atoms with Gasteiger partial charge in [-0.25, -0.2) is 15.0 Å². The zero-order valence-electron chi connectivity index (χ0n) is 14.5. The van der Waals surface area contributed by atoms with Gasteiger partial charge in [-0.2, -0.15) is 9.97 Å². The molecule has 0 amide bonds. The van der Waals surface area contributed by atoms with Gasteiger partial charge in [0.1, 0.15) is 6.33 Å². The van der Waals surface area contributed by atoms with Gasteiger partial charge in [0.2, 0.25) is 5.95 Å². The van der Waals surface area contributed by atoms with Crippen LogP contribution in [0.5, 0.6) is 0 Å². The number of imidazole rings is 1. The summed E-state index contributed by atoms with van der Waals surface area (Å²) < 4.78 is 1.98. The lowest BCUT2D eigenvalue weighted by Gasteiger charge is -2.16. The molecule has 3 N–H and O–H groups in total. The molecule has 0 aromatic carbocycles. The van der Waals surface area contributed by atoms with E-state index in [1.165, 1.54) is 6.33 Å². The largest absolute Gasteiger partial charge is 0.394 e. The van der Waals surface area contributed by atoms with Gasteiger partial charge in [0.15, 0.2) is 17.0 Å². The SMILES string of the molecule is CC[C@@H](CO)Nc1nc(Nc2cncnc2)c2ncn(C(C)C)c2n1. The molecule has 0 unspecified atom stereocenters. The van der Waals surface area contributed by atoms with E-state index in [2.05, 4.69) is 49.4 Å². The monoisotopic (exact) mass is 342 g/mol. The molecule has 0 saturated heterocycles. The lowest BCUT2D eigenvalue weighted by molar-refractivity contribution is 0.271. The van der Waals surface area contributed by atoms with Crippen molar-refractivity contribution in [3.63, 3.8) is 0 Å². The van der Waals surface area contributed by atoms with Crippen molar-refractivity contribution in [2.24, 2.45) is 0 Å². The Bertz CT molecular complexity index is 829. The van der Waals surface area contributed by atoms with Crippen LogP contribution >= 0.6 is 0 Å². The van der Waals surface area contributed by atoms with Gasteiger partial charge in [0.25, 0.3) is 0 Å². The van der Waals surface area contributed by atoms with Gasteiger partial charge < -0.3 is 20.3 Å². The summed E-state index contributed by atoms with van der Waals surface area (Å²) in [7, 11) is 0. The third-order valence-electron chi connectivity index (χ3n) is 3.85. The summed E-state index contributed by atoms with van der Waals surface area (Å²) in [6.45, 7) is 6.13. The highest BCUT2D eigenvalue weighted by atomic mass is 16.3. The van der Waals surface area contributed by atoms with Crippen molar-refractivity contribution in [2.45, 2.75) is 39.3 Å². The molecule has 0 bridgehead atoms. The van der Waals surface area contributed by atoms with E-state index in [9.17, 15) is 5.11 Å². The zero-order chi connectivity index (χ0) is 17.8. The van der Waals surface area contributed by atoms with Crippen LogP contribution in [0.4, 0.5) is 17.5 Å². The normalized spacial score (nSPS) is 12.5. The molecule has 0 radical (unpaired) electrons. The number of aliphatic hydroxyl groups is 1. The predicted molar refractivity (Wildman–Crippen MR) is 95.8 cm³/mol. The van der Waals surface area contributed by atoms with Crippen molar-refractivity contribution in [1.82, 2.24) is 29.5 Å². The molecule has 1 atom stereocenters. The Morgan fingerprint density at radius 1 is 1.20 bits per heavy atom. The quantitative estimate of drug-likeness (QED) is 0.598. The molecule has 0 aliphatic heterocycles. The van der Waals surface area contributed by atoms with Crippen LogP contribution in [-0.2, 0) is 0 Å².